The van der Waals surface area contributed by atoms with Crippen LogP contribution in [0.5, 0.6) is 5.75 Å². The summed E-state index contributed by atoms with van der Waals surface area (Å²) >= 11 is 0. The van der Waals surface area contributed by atoms with Gasteiger partial charge in [0, 0.05) is 24.0 Å². The van der Waals surface area contributed by atoms with Crippen molar-refractivity contribution < 1.29 is 19.8 Å². The van der Waals surface area contributed by atoms with Crippen molar-refractivity contribution in [3.63, 3.8) is 0 Å². The van der Waals surface area contributed by atoms with E-state index < -0.39 is 5.97 Å². The predicted molar refractivity (Wildman–Crippen MR) is 103 cm³/mol. The van der Waals surface area contributed by atoms with Crippen LogP contribution in [0.15, 0.2) is 60.7 Å². The molecule has 0 saturated carbocycles. The van der Waals surface area contributed by atoms with Crippen molar-refractivity contribution in [1.82, 2.24) is 9.63 Å². The van der Waals surface area contributed by atoms with Gasteiger partial charge in [-0.2, -0.15) is 5.06 Å². The maximum Gasteiger partial charge on any atom is 0.352 e. The molecule has 1 aromatic heterocycles. The monoisotopic (exact) mass is 368 g/mol. The van der Waals surface area contributed by atoms with Gasteiger partial charge in [0.05, 0.1) is 12.6 Å². The molecule has 0 bridgehead atoms. The second kappa shape index (κ2) is 8.70. The third-order valence-corrected chi connectivity index (χ3v) is 4.53. The summed E-state index contributed by atoms with van der Waals surface area (Å²) in [4.78, 5) is 11.6. The summed E-state index contributed by atoms with van der Waals surface area (Å²) in [6.07, 6.45) is 0.661. The average Bonchev–Trinajstić information content (AvgIpc) is 3.05. The van der Waals surface area contributed by atoms with E-state index in [9.17, 15) is 15.1 Å². The number of aromatic nitrogens is 1. The van der Waals surface area contributed by atoms with Crippen molar-refractivity contribution in [2.24, 2.45) is 0 Å². The number of fused-ring (bicyclic) bond motifs is 1. The van der Waals surface area contributed by atoms with E-state index in [1.165, 1.54) is 5.06 Å². The van der Waals surface area contributed by atoms with Crippen molar-refractivity contribution in [2.45, 2.75) is 25.9 Å². The first-order chi connectivity index (χ1) is 13.1. The molecule has 3 aromatic rings. The molecule has 27 heavy (non-hydrogen) atoms. The maximum atomic E-state index is 11.6. The van der Waals surface area contributed by atoms with Gasteiger partial charge >= 0.3 is 5.97 Å². The maximum absolute atomic E-state index is 11.6. The van der Waals surface area contributed by atoms with Gasteiger partial charge in [0.25, 0.3) is 0 Å². The van der Waals surface area contributed by atoms with Crippen LogP contribution < -0.4 is 4.74 Å². The molecule has 0 spiro atoms. The number of hydroxylamine groups is 2. The first-order valence-electron chi connectivity index (χ1n) is 9.01. The molecule has 0 amide bonds. The Labute approximate surface area is 158 Å². The number of hydrogen-bond acceptors (Lipinski definition) is 4. The first-order valence-corrected chi connectivity index (χ1v) is 9.01. The van der Waals surface area contributed by atoms with Crippen molar-refractivity contribution in [2.75, 3.05) is 13.2 Å². The SMILES string of the molecule is C[C@@H](Cn1c(C(=O)O)cc2ccccc21)N(O)CCCOc1ccccc1. The summed E-state index contributed by atoms with van der Waals surface area (Å²) in [5.74, 6) is -0.167. The third kappa shape index (κ3) is 4.67. The topological polar surface area (TPSA) is 74.9 Å². The van der Waals surface area contributed by atoms with Crippen molar-refractivity contribution in [3.05, 3.63) is 66.4 Å². The number of carbonyl (C=O) groups is 1. The number of nitrogens with zero attached hydrogens (tertiary/aromatic N) is 2. The summed E-state index contributed by atoms with van der Waals surface area (Å²) in [5, 5.41) is 21.9. The lowest BCUT2D eigenvalue weighted by molar-refractivity contribution is -0.127. The van der Waals surface area contributed by atoms with Gasteiger partial charge in [0.1, 0.15) is 11.4 Å². The zero-order chi connectivity index (χ0) is 19.2. The standard InChI is InChI=1S/C21H24N2O4/c1-16(23(26)12-7-13-27-18-9-3-2-4-10-18)15-22-19-11-6-5-8-17(19)14-20(22)21(24)25/h2-6,8-11,14,16,26H,7,12-13,15H2,1H3,(H,24,25)/t16-/m0/s1. The number of hydrogen-bond donors (Lipinski definition) is 2. The van der Waals surface area contributed by atoms with E-state index in [2.05, 4.69) is 0 Å². The van der Waals surface area contributed by atoms with Crippen LogP contribution in [0, 0.1) is 0 Å². The van der Waals surface area contributed by atoms with Gasteiger partial charge in [-0.05, 0) is 37.6 Å². The van der Waals surface area contributed by atoms with Crippen LogP contribution in [-0.2, 0) is 6.54 Å². The molecule has 142 valence electrons. The zero-order valence-corrected chi connectivity index (χ0v) is 15.3. The minimum absolute atomic E-state index is 0.226. The summed E-state index contributed by atoms with van der Waals surface area (Å²) in [6.45, 7) is 3.19. The molecule has 6 nitrogen and oxygen atoms in total. The lowest BCUT2D eigenvalue weighted by atomic mass is 10.2. The molecule has 1 heterocycles. The van der Waals surface area contributed by atoms with Gasteiger partial charge in [-0.15, -0.1) is 0 Å². The zero-order valence-electron chi connectivity index (χ0n) is 15.3. The Morgan fingerprint density at radius 2 is 1.85 bits per heavy atom. The van der Waals surface area contributed by atoms with E-state index in [1.54, 1.807) is 10.6 Å². The van der Waals surface area contributed by atoms with Gasteiger partial charge in [-0.3, -0.25) is 0 Å². The number of para-hydroxylation sites is 2. The molecule has 0 aliphatic carbocycles. The molecule has 0 aliphatic rings. The van der Waals surface area contributed by atoms with Gasteiger partial charge in [-0.1, -0.05) is 36.4 Å². The number of ether oxygens (including phenoxy) is 1. The van der Waals surface area contributed by atoms with E-state index >= 15 is 0 Å². The van der Waals surface area contributed by atoms with E-state index in [1.807, 2.05) is 61.5 Å². The van der Waals surface area contributed by atoms with Crippen molar-refractivity contribution >= 4 is 16.9 Å². The summed E-state index contributed by atoms with van der Waals surface area (Å²) in [7, 11) is 0. The lowest BCUT2D eigenvalue weighted by Gasteiger charge is -2.24. The largest absolute Gasteiger partial charge is 0.494 e. The highest BCUT2D eigenvalue weighted by molar-refractivity contribution is 5.94. The van der Waals surface area contributed by atoms with Gasteiger partial charge in [-0.25, -0.2) is 4.79 Å². The highest BCUT2D eigenvalue weighted by atomic mass is 16.5. The Morgan fingerprint density at radius 1 is 1.15 bits per heavy atom. The minimum Gasteiger partial charge on any atom is -0.494 e. The second-order valence-corrected chi connectivity index (χ2v) is 6.53. The number of benzene rings is 2. The fourth-order valence-corrected chi connectivity index (χ4v) is 3.10. The van der Waals surface area contributed by atoms with E-state index in [0.717, 1.165) is 16.7 Å². The van der Waals surface area contributed by atoms with Crippen LogP contribution in [0.3, 0.4) is 0 Å². The summed E-state index contributed by atoms with van der Waals surface area (Å²) < 4.78 is 7.37. The molecule has 0 radical (unpaired) electrons. The number of rotatable bonds is 9. The highest BCUT2D eigenvalue weighted by Crippen LogP contribution is 2.21. The van der Waals surface area contributed by atoms with Crippen LogP contribution in [0.2, 0.25) is 0 Å². The average molecular weight is 368 g/mol. The summed E-state index contributed by atoms with van der Waals surface area (Å²) in [5.41, 5.74) is 1.08. The third-order valence-electron chi connectivity index (χ3n) is 4.53. The lowest BCUT2D eigenvalue weighted by Crippen LogP contribution is -2.35. The Kier molecular flexibility index (Phi) is 6.11. The van der Waals surface area contributed by atoms with Gasteiger partial charge in [0.15, 0.2) is 0 Å². The molecule has 3 rings (SSSR count). The Bertz CT molecular complexity index is 892. The highest BCUT2D eigenvalue weighted by Gasteiger charge is 2.19. The molecule has 0 fully saturated rings. The normalized spacial score (nSPS) is 12.4. The van der Waals surface area contributed by atoms with E-state index in [0.29, 0.717) is 26.1 Å². The Hall–Kier alpha value is -2.83. The molecule has 0 unspecified atom stereocenters. The van der Waals surface area contributed by atoms with Crippen LogP contribution in [0.25, 0.3) is 10.9 Å². The predicted octanol–water partition coefficient (Wildman–Crippen LogP) is 3.89. The number of carboxylic acids is 1. The van der Waals surface area contributed by atoms with Crippen LogP contribution in [0.1, 0.15) is 23.8 Å². The van der Waals surface area contributed by atoms with Crippen LogP contribution in [-0.4, -0.2) is 45.1 Å². The Balaban J connectivity index is 1.58. The number of aromatic carboxylic acids is 1. The fourth-order valence-electron chi connectivity index (χ4n) is 3.10. The summed E-state index contributed by atoms with van der Waals surface area (Å²) in [6, 6.07) is 18.5. The van der Waals surface area contributed by atoms with Crippen LogP contribution >= 0.6 is 0 Å². The smallest absolute Gasteiger partial charge is 0.352 e. The van der Waals surface area contributed by atoms with Gasteiger partial charge < -0.3 is 19.6 Å². The molecular weight excluding hydrogens is 344 g/mol. The Morgan fingerprint density at radius 3 is 2.59 bits per heavy atom. The molecule has 0 aliphatic heterocycles. The fraction of sp³-hybridized carbons (Fsp3) is 0.286. The number of carboxylic acid groups (broad SMARTS) is 1. The molecular formula is C21H24N2O4. The van der Waals surface area contributed by atoms with Gasteiger partial charge in [0.2, 0.25) is 0 Å². The minimum atomic E-state index is -0.973. The molecule has 6 heteroatoms. The molecule has 2 N–H and O–H groups in total. The molecule has 1 atom stereocenters. The van der Waals surface area contributed by atoms with E-state index in [4.69, 9.17) is 4.74 Å². The quantitative estimate of drug-likeness (QED) is 0.443. The molecule has 2 aromatic carbocycles. The second-order valence-electron chi connectivity index (χ2n) is 6.53. The van der Waals surface area contributed by atoms with Crippen molar-refractivity contribution in [3.8, 4) is 5.75 Å². The van der Waals surface area contributed by atoms with Crippen molar-refractivity contribution in [1.29, 1.82) is 0 Å². The first kappa shape index (κ1) is 18.9. The van der Waals surface area contributed by atoms with E-state index in [-0.39, 0.29) is 11.7 Å². The van der Waals surface area contributed by atoms with Crippen LogP contribution in [0.4, 0.5) is 0 Å². The molecule has 0 saturated heterocycles.